The van der Waals surface area contributed by atoms with E-state index in [9.17, 15) is 8.42 Å². The fraction of sp³-hybridized carbons (Fsp3) is 0.714. The molecule has 1 aromatic rings. The zero-order valence-corrected chi connectivity index (χ0v) is 16.9. The third kappa shape index (κ3) is 9.41. The summed E-state index contributed by atoms with van der Waals surface area (Å²) in [6.45, 7) is 4.43. The Morgan fingerprint density at radius 1 is 0.800 bits per heavy atom. The van der Waals surface area contributed by atoms with E-state index in [1.54, 1.807) is 0 Å². The van der Waals surface area contributed by atoms with Crippen LogP contribution in [0.3, 0.4) is 0 Å². The molecule has 0 saturated heterocycles. The van der Waals surface area contributed by atoms with Crippen LogP contribution in [0.2, 0.25) is 0 Å². The second-order valence-corrected chi connectivity index (χ2v) is 8.54. The Hall–Kier alpha value is -0.870. The molecular formula is C21H36O3S. The van der Waals surface area contributed by atoms with Crippen molar-refractivity contribution in [2.45, 2.75) is 102 Å². The van der Waals surface area contributed by atoms with Crippen LogP contribution in [0, 0.1) is 0 Å². The second kappa shape index (κ2) is 12.5. The SMILES string of the molecule is CCCCCCCCCCCCC(CC)c1ccc(S(=O)(=O)O)cc1. The van der Waals surface area contributed by atoms with Gasteiger partial charge >= 0.3 is 0 Å². The van der Waals surface area contributed by atoms with Gasteiger partial charge in [-0.2, -0.15) is 8.42 Å². The van der Waals surface area contributed by atoms with Gasteiger partial charge in [0.1, 0.15) is 0 Å². The number of hydrogen-bond donors (Lipinski definition) is 1. The highest BCUT2D eigenvalue weighted by atomic mass is 32.2. The fourth-order valence-electron chi connectivity index (χ4n) is 3.40. The maximum atomic E-state index is 11.1. The van der Waals surface area contributed by atoms with Gasteiger partial charge in [0.05, 0.1) is 4.90 Å². The summed E-state index contributed by atoms with van der Waals surface area (Å²) >= 11 is 0. The molecule has 3 nitrogen and oxygen atoms in total. The third-order valence-corrected chi connectivity index (χ3v) is 5.92. The van der Waals surface area contributed by atoms with Gasteiger partial charge in [0.15, 0.2) is 0 Å². The molecule has 0 fully saturated rings. The van der Waals surface area contributed by atoms with Crippen LogP contribution in [0.1, 0.15) is 102 Å². The minimum absolute atomic E-state index is 0.0231. The zero-order chi connectivity index (χ0) is 18.5. The van der Waals surface area contributed by atoms with E-state index in [1.165, 1.54) is 81.9 Å². The molecule has 1 aromatic carbocycles. The van der Waals surface area contributed by atoms with E-state index in [2.05, 4.69) is 13.8 Å². The first kappa shape index (κ1) is 22.2. The molecule has 0 amide bonds. The van der Waals surface area contributed by atoms with Gasteiger partial charge in [0, 0.05) is 0 Å². The average Bonchev–Trinajstić information content (AvgIpc) is 2.59. The summed E-state index contributed by atoms with van der Waals surface area (Å²) in [5.41, 5.74) is 1.17. The summed E-state index contributed by atoms with van der Waals surface area (Å²) in [4.78, 5) is -0.0231. The molecule has 0 aliphatic heterocycles. The predicted molar refractivity (Wildman–Crippen MR) is 106 cm³/mol. The van der Waals surface area contributed by atoms with E-state index < -0.39 is 10.1 Å². The third-order valence-electron chi connectivity index (χ3n) is 5.05. The number of unbranched alkanes of at least 4 members (excludes halogenated alkanes) is 9. The predicted octanol–water partition coefficient (Wildman–Crippen LogP) is 6.74. The van der Waals surface area contributed by atoms with Crippen LogP contribution in [0.4, 0.5) is 0 Å². The van der Waals surface area contributed by atoms with Gasteiger partial charge in [-0.25, -0.2) is 0 Å². The lowest BCUT2D eigenvalue weighted by Gasteiger charge is -2.15. The van der Waals surface area contributed by atoms with Crippen molar-refractivity contribution in [3.8, 4) is 0 Å². The summed E-state index contributed by atoms with van der Waals surface area (Å²) in [6.07, 6.45) is 15.6. The van der Waals surface area contributed by atoms with Crippen molar-refractivity contribution in [2.75, 3.05) is 0 Å². The van der Waals surface area contributed by atoms with E-state index in [1.807, 2.05) is 12.1 Å². The molecule has 1 atom stereocenters. The first-order chi connectivity index (χ1) is 12.0. The van der Waals surface area contributed by atoms with Gasteiger partial charge in [-0.3, -0.25) is 4.55 Å². The molecule has 0 bridgehead atoms. The average molecular weight is 369 g/mol. The summed E-state index contributed by atoms with van der Waals surface area (Å²) in [6, 6.07) is 6.69. The van der Waals surface area contributed by atoms with E-state index in [4.69, 9.17) is 4.55 Å². The highest BCUT2D eigenvalue weighted by Crippen LogP contribution is 2.27. The van der Waals surface area contributed by atoms with Crippen LogP contribution in [0.25, 0.3) is 0 Å². The first-order valence-corrected chi connectivity index (χ1v) is 11.5. The van der Waals surface area contributed by atoms with Gasteiger partial charge in [-0.1, -0.05) is 90.2 Å². The normalized spacial score (nSPS) is 13.1. The van der Waals surface area contributed by atoms with E-state index >= 15 is 0 Å². The van der Waals surface area contributed by atoms with Gasteiger partial charge in [0.25, 0.3) is 10.1 Å². The highest BCUT2D eigenvalue weighted by molar-refractivity contribution is 7.85. The molecule has 144 valence electrons. The molecule has 0 spiro atoms. The second-order valence-electron chi connectivity index (χ2n) is 7.12. The minimum Gasteiger partial charge on any atom is -0.282 e. The molecule has 0 saturated carbocycles. The Kier molecular flexibility index (Phi) is 11.1. The van der Waals surface area contributed by atoms with Crippen molar-refractivity contribution < 1.29 is 13.0 Å². The van der Waals surface area contributed by atoms with Crippen molar-refractivity contribution in [1.29, 1.82) is 0 Å². The zero-order valence-electron chi connectivity index (χ0n) is 16.0. The molecule has 0 radical (unpaired) electrons. The van der Waals surface area contributed by atoms with Crippen LogP contribution in [-0.4, -0.2) is 13.0 Å². The Balaban J connectivity index is 2.22. The van der Waals surface area contributed by atoms with Crippen LogP contribution < -0.4 is 0 Å². The Labute approximate surface area is 155 Å². The summed E-state index contributed by atoms with van der Waals surface area (Å²) in [5, 5.41) is 0. The van der Waals surface area contributed by atoms with E-state index in [-0.39, 0.29) is 4.90 Å². The van der Waals surface area contributed by atoms with E-state index in [0.717, 1.165) is 12.8 Å². The molecule has 4 heteroatoms. The minimum atomic E-state index is -4.09. The molecule has 0 heterocycles. The highest BCUT2D eigenvalue weighted by Gasteiger charge is 2.12. The molecule has 1 N–H and O–H groups in total. The molecule has 1 rings (SSSR count). The van der Waals surface area contributed by atoms with Crippen LogP contribution in [0.15, 0.2) is 29.2 Å². The first-order valence-electron chi connectivity index (χ1n) is 10.1. The molecule has 0 aromatic heterocycles. The van der Waals surface area contributed by atoms with Gasteiger partial charge in [-0.15, -0.1) is 0 Å². The quantitative estimate of drug-likeness (QED) is 0.292. The lowest BCUT2D eigenvalue weighted by Crippen LogP contribution is -2.01. The van der Waals surface area contributed by atoms with Gasteiger partial charge < -0.3 is 0 Å². The largest absolute Gasteiger partial charge is 0.294 e. The summed E-state index contributed by atoms with van der Waals surface area (Å²) in [7, 11) is -4.09. The topological polar surface area (TPSA) is 54.4 Å². The van der Waals surface area contributed by atoms with E-state index in [0.29, 0.717) is 5.92 Å². The van der Waals surface area contributed by atoms with Gasteiger partial charge in [-0.05, 0) is 36.5 Å². The Morgan fingerprint density at radius 2 is 1.28 bits per heavy atom. The van der Waals surface area contributed by atoms with Crippen LogP contribution >= 0.6 is 0 Å². The van der Waals surface area contributed by atoms with Crippen molar-refractivity contribution >= 4 is 10.1 Å². The smallest absolute Gasteiger partial charge is 0.282 e. The molecule has 0 aliphatic carbocycles. The maximum Gasteiger partial charge on any atom is 0.294 e. The number of benzene rings is 1. The number of rotatable bonds is 14. The van der Waals surface area contributed by atoms with Crippen molar-refractivity contribution in [3.63, 3.8) is 0 Å². The molecule has 0 aliphatic rings. The van der Waals surface area contributed by atoms with Crippen molar-refractivity contribution in [3.05, 3.63) is 29.8 Å². The van der Waals surface area contributed by atoms with Crippen molar-refractivity contribution in [1.82, 2.24) is 0 Å². The summed E-state index contributed by atoms with van der Waals surface area (Å²) < 4.78 is 31.3. The maximum absolute atomic E-state index is 11.1. The standard InChI is InChI=1S/C21H36O3S/c1-3-5-6-7-8-9-10-11-12-13-14-19(4-2)20-15-17-21(18-16-20)25(22,23)24/h15-19H,3-14H2,1-2H3,(H,22,23,24). The molecular weight excluding hydrogens is 332 g/mol. The summed E-state index contributed by atoms with van der Waals surface area (Å²) in [5.74, 6) is 0.476. The van der Waals surface area contributed by atoms with Crippen molar-refractivity contribution in [2.24, 2.45) is 0 Å². The lowest BCUT2D eigenvalue weighted by atomic mass is 9.91. The van der Waals surface area contributed by atoms with Crippen LogP contribution in [0.5, 0.6) is 0 Å². The Morgan fingerprint density at radius 3 is 1.72 bits per heavy atom. The Bertz CT molecular complexity index is 549. The molecule has 25 heavy (non-hydrogen) atoms. The number of hydrogen-bond acceptors (Lipinski definition) is 2. The molecule has 1 unspecified atom stereocenters. The van der Waals surface area contributed by atoms with Gasteiger partial charge in [0.2, 0.25) is 0 Å². The fourth-order valence-corrected chi connectivity index (χ4v) is 3.88. The monoisotopic (exact) mass is 368 g/mol. The lowest BCUT2D eigenvalue weighted by molar-refractivity contribution is 0.483. The van der Waals surface area contributed by atoms with Crippen LogP contribution in [-0.2, 0) is 10.1 Å².